The van der Waals surface area contributed by atoms with E-state index in [2.05, 4.69) is 25.9 Å². The fourth-order valence-corrected chi connectivity index (χ4v) is 2.12. The summed E-state index contributed by atoms with van der Waals surface area (Å²) in [7, 11) is 0. The first-order chi connectivity index (χ1) is 9.06. The van der Waals surface area contributed by atoms with Gasteiger partial charge in [-0.3, -0.25) is 9.97 Å². The lowest BCUT2D eigenvalue weighted by molar-refractivity contribution is 0.241. The van der Waals surface area contributed by atoms with Crippen LogP contribution in [0.4, 0.5) is 0 Å². The molecule has 4 nitrogen and oxygen atoms in total. The molecule has 0 aliphatic rings. The first-order valence-electron chi connectivity index (χ1n) is 6.04. The summed E-state index contributed by atoms with van der Waals surface area (Å²) < 4.78 is 6.53. The van der Waals surface area contributed by atoms with Crippen LogP contribution in [0.2, 0.25) is 0 Å². The minimum absolute atomic E-state index is 0.112. The van der Waals surface area contributed by atoms with Gasteiger partial charge in [-0.2, -0.15) is 0 Å². The first-order valence-corrected chi connectivity index (χ1v) is 6.83. The van der Waals surface area contributed by atoms with Gasteiger partial charge in [0.25, 0.3) is 0 Å². The minimum Gasteiger partial charge on any atom is -0.489 e. The Morgan fingerprint density at radius 1 is 1.05 bits per heavy atom. The van der Waals surface area contributed by atoms with Crippen molar-refractivity contribution in [2.45, 2.75) is 26.0 Å². The van der Waals surface area contributed by atoms with E-state index in [9.17, 15) is 0 Å². The number of halogens is 1. The molecule has 0 spiro atoms. The van der Waals surface area contributed by atoms with Gasteiger partial charge in [0.15, 0.2) is 0 Å². The average molecular weight is 322 g/mol. The van der Waals surface area contributed by atoms with Crippen molar-refractivity contribution in [2.75, 3.05) is 0 Å². The van der Waals surface area contributed by atoms with Crippen molar-refractivity contribution >= 4 is 15.9 Å². The summed E-state index contributed by atoms with van der Waals surface area (Å²) in [5.74, 6) is 0.728. The lowest BCUT2D eigenvalue weighted by Crippen LogP contribution is -2.13. The number of nitrogens with two attached hydrogens (primary N) is 1. The summed E-state index contributed by atoms with van der Waals surface area (Å²) in [5, 5.41) is 0. The molecule has 0 aliphatic heterocycles. The zero-order valence-electron chi connectivity index (χ0n) is 10.9. The maximum atomic E-state index is 6.23. The fourth-order valence-electron chi connectivity index (χ4n) is 1.73. The van der Waals surface area contributed by atoms with Gasteiger partial charge >= 0.3 is 0 Å². The van der Waals surface area contributed by atoms with E-state index in [1.807, 2.05) is 26.0 Å². The maximum Gasteiger partial charge on any atom is 0.138 e. The molecule has 2 N–H and O–H groups in total. The van der Waals surface area contributed by atoms with Crippen LogP contribution in [0.25, 0.3) is 0 Å². The van der Waals surface area contributed by atoms with E-state index in [1.165, 1.54) is 0 Å². The molecule has 19 heavy (non-hydrogen) atoms. The number of ether oxygens (including phenoxy) is 1. The van der Waals surface area contributed by atoms with Gasteiger partial charge in [0.1, 0.15) is 5.75 Å². The highest BCUT2D eigenvalue weighted by Crippen LogP contribution is 2.23. The van der Waals surface area contributed by atoms with Crippen molar-refractivity contribution in [3.8, 4) is 5.75 Å². The van der Waals surface area contributed by atoms with Gasteiger partial charge in [-0.15, -0.1) is 0 Å². The number of hydrogen-bond donors (Lipinski definition) is 1. The molecular formula is C14H16BrN3O. The molecule has 1 unspecified atom stereocenters. The third-order valence-electron chi connectivity index (χ3n) is 2.55. The minimum atomic E-state index is -0.270. The summed E-state index contributed by atoms with van der Waals surface area (Å²) in [5.41, 5.74) is 8.06. The van der Waals surface area contributed by atoms with Crippen LogP contribution in [0.3, 0.4) is 0 Å². The Morgan fingerprint density at radius 3 is 2.32 bits per heavy atom. The second-order valence-corrected chi connectivity index (χ2v) is 5.45. The van der Waals surface area contributed by atoms with E-state index in [0.29, 0.717) is 0 Å². The molecule has 2 aromatic rings. The smallest absolute Gasteiger partial charge is 0.138 e. The van der Waals surface area contributed by atoms with E-state index < -0.39 is 0 Å². The van der Waals surface area contributed by atoms with E-state index in [4.69, 9.17) is 10.5 Å². The standard InChI is InChI=1S/C14H16BrN3O/c1-9(2)19-13-4-11(6-18-8-13)14(16)10-3-12(15)7-17-5-10/h3-9,14H,16H2,1-2H3. The molecule has 0 amide bonds. The van der Waals surface area contributed by atoms with E-state index in [-0.39, 0.29) is 12.1 Å². The molecule has 0 fully saturated rings. The Hall–Kier alpha value is -1.46. The van der Waals surface area contributed by atoms with E-state index >= 15 is 0 Å². The third kappa shape index (κ3) is 3.75. The van der Waals surface area contributed by atoms with Crippen LogP contribution in [0.5, 0.6) is 5.75 Å². The van der Waals surface area contributed by atoms with Crippen LogP contribution in [-0.2, 0) is 0 Å². The second kappa shape index (κ2) is 6.12. The van der Waals surface area contributed by atoms with E-state index in [1.54, 1.807) is 24.8 Å². The summed E-state index contributed by atoms with van der Waals surface area (Å²) in [6, 6.07) is 3.60. The number of aromatic nitrogens is 2. The van der Waals surface area contributed by atoms with Crippen molar-refractivity contribution in [3.05, 3.63) is 52.5 Å². The van der Waals surface area contributed by atoms with Gasteiger partial charge in [0.05, 0.1) is 18.3 Å². The topological polar surface area (TPSA) is 61.0 Å². The monoisotopic (exact) mass is 321 g/mol. The summed E-state index contributed by atoms with van der Waals surface area (Å²) in [6.07, 6.45) is 7.03. The molecule has 0 saturated heterocycles. The molecule has 0 radical (unpaired) electrons. The van der Waals surface area contributed by atoms with Gasteiger partial charge in [-0.25, -0.2) is 0 Å². The van der Waals surface area contributed by atoms with Crippen LogP contribution in [0.1, 0.15) is 31.0 Å². The molecule has 5 heteroatoms. The molecule has 0 bridgehead atoms. The third-order valence-corrected chi connectivity index (χ3v) is 2.98. The normalized spacial score (nSPS) is 12.5. The molecule has 0 aliphatic carbocycles. The SMILES string of the molecule is CC(C)Oc1cncc(C(N)c2cncc(Br)c2)c1. The summed E-state index contributed by atoms with van der Waals surface area (Å²) in [6.45, 7) is 3.95. The van der Waals surface area contributed by atoms with Crippen LogP contribution < -0.4 is 10.5 Å². The van der Waals surface area contributed by atoms with Crippen LogP contribution in [0, 0.1) is 0 Å². The Balaban J connectivity index is 2.26. The van der Waals surface area contributed by atoms with Gasteiger partial charge in [0.2, 0.25) is 0 Å². The van der Waals surface area contributed by atoms with Crippen LogP contribution in [-0.4, -0.2) is 16.1 Å². The molecule has 0 saturated carbocycles. The van der Waals surface area contributed by atoms with E-state index in [0.717, 1.165) is 21.3 Å². The fraction of sp³-hybridized carbons (Fsp3) is 0.286. The predicted octanol–water partition coefficient (Wildman–Crippen LogP) is 3.07. The van der Waals surface area contributed by atoms with Gasteiger partial charge in [-0.05, 0) is 53.0 Å². The lowest BCUT2D eigenvalue weighted by Gasteiger charge is -2.14. The molecule has 0 aromatic carbocycles. The number of rotatable bonds is 4. The maximum absolute atomic E-state index is 6.23. The Bertz CT molecular complexity index is 560. The Morgan fingerprint density at radius 2 is 1.68 bits per heavy atom. The van der Waals surface area contributed by atoms with Crippen molar-refractivity contribution in [3.63, 3.8) is 0 Å². The first kappa shape index (κ1) is 14.0. The summed E-state index contributed by atoms with van der Waals surface area (Å²) >= 11 is 3.39. The molecule has 100 valence electrons. The zero-order chi connectivity index (χ0) is 13.8. The van der Waals surface area contributed by atoms with Crippen molar-refractivity contribution in [1.29, 1.82) is 0 Å². The lowest BCUT2D eigenvalue weighted by atomic mass is 10.0. The van der Waals surface area contributed by atoms with Gasteiger partial charge in [0, 0.05) is 23.1 Å². The molecular weight excluding hydrogens is 306 g/mol. The molecule has 2 heterocycles. The number of nitrogens with zero attached hydrogens (tertiary/aromatic N) is 2. The molecule has 2 aromatic heterocycles. The quantitative estimate of drug-likeness (QED) is 0.940. The Kier molecular flexibility index (Phi) is 4.50. The average Bonchev–Trinajstić information content (AvgIpc) is 2.37. The summed E-state index contributed by atoms with van der Waals surface area (Å²) in [4.78, 5) is 8.29. The molecule has 1 atom stereocenters. The second-order valence-electron chi connectivity index (χ2n) is 4.53. The number of pyridine rings is 2. The highest BCUT2D eigenvalue weighted by Gasteiger charge is 2.11. The van der Waals surface area contributed by atoms with Crippen molar-refractivity contribution in [1.82, 2.24) is 9.97 Å². The predicted molar refractivity (Wildman–Crippen MR) is 78.0 cm³/mol. The van der Waals surface area contributed by atoms with Gasteiger partial charge < -0.3 is 10.5 Å². The highest BCUT2D eigenvalue weighted by atomic mass is 79.9. The largest absolute Gasteiger partial charge is 0.489 e. The highest BCUT2D eigenvalue weighted by molar-refractivity contribution is 9.10. The molecule has 2 rings (SSSR count). The zero-order valence-corrected chi connectivity index (χ0v) is 12.5. The van der Waals surface area contributed by atoms with Crippen molar-refractivity contribution in [2.24, 2.45) is 5.73 Å². The van der Waals surface area contributed by atoms with Crippen LogP contribution >= 0.6 is 15.9 Å². The number of hydrogen-bond acceptors (Lipinski definition) is 4. The van der Waals surface area contributed by atoms with Crippen LogP contribution in [0.15, 0.2) is 41.4 Å². The Labute approximate surface area is 121 Å². The van der Waals surface area contributed by atoms with Gasteiger partial charge in [-0.1, -0.05) is 0 Å². The van der Waals surface area contributed by atoms with Crippen molar-refractivity contribution < 1.29 is 4.74 Å².